The fraction of sp³-hybridized carbons (Fsp3) is 0.579. The highest BCUT2D eigenvalue weighted by atomic mass is 79.9. The summed E-state index contributed by atoms with van der Waals surface area (Å²) in [7, 11) is 0. The molecule has 2 atom stereocenters. The lowest BCUT2D eigenvalue weighted by Gasteiger charge is -2.37. The summed E-state index contributed by atoms with van der Waals surface area (Å²) < 4.78 is 6.27. The Morgan fingerprint density at radius 2 is 2.15 bits per heavy atom. The molecule has 0 bridgehead atoms. The van der Waals surface area contributed by atoms with Crippen molar-refractivity contribution in [3.05, 3.63) is 22.5 Å². The standard InChI is InChI=1S/C19H23BrN4O2/c1-11-6-14(25)10-24(11)13-4-2-12(3-5-13)23-19-18(20)16-7-15(8-21)26-17(16)9-22-19/h7,9,11-14,25H,2-6,10H2,1H3,(H,22,23). The largest absolute Gasteiger partial charge is 0.444 e. The van der Waals surface area contributed by atoms with E-state index in [1.807, 2.05) is 6.07 Å². The maximum Gasteiger partial charge on any atom is 0.204 e. The molecule has 0 spiro atoms. The van der Waals surface area contributed by atoms with Crippen molar-refractivity contribution in [2.45, 2.75) is 63.3 Å². The molecule has 2 N–H and O–H groups in total. The van der Waals surface area contributed by atoms with Gasteiger partial charge in [-0.3, -0.25) is 4.90 Å². The molecule has 7 heteroatoms. The molecule has 4 rings (SSSR count). The van der Waals surface area contributed by atoms with Crippen molar-refractivity contribution in [3.8, 4) is 6.07 Å². The summed E-state index contributed by atoms with van der Waals surface area (Å²) in [5.74, 6) is 1.10. The van der Waals surface area contributed by atoms with Crippen LogP contribution in [0.15, 0.2) is 21.2 Å². The van der Waals surface area contributed by atoms with Crippen LogP contribution >= 0.6 is 15.9 Å². The number of nitrogens with zero attached hydrogens (tertiary/aromatic N) is 3. The van der Waals surface area contributed by atoms with E-state index in [0.717, 1.165) is 54.3 Å². The Balaban J connectivity index is 1.41. The van der Waals surface area contributed by atoms with Gasteiger partial charge in [-0.2, -0.15) is 5.26 Å². The number of rotatable bonds is 3. The average Bonchev–Trinajstić information content (AvgIpc) is 3.21. The molecule has 6 nitrogen and oxygen atoms in total. The highest BCUT2D eigenvalue weighted by Gasteiger charge is 2.35. The van der Waals surface area contributed by atoms with Crippen molar-refractivity contribution < 1.29 is 9.52 Å². The van der Waals surface area contributed by atoms with Gasteiger partial charge in [0.05, 0.1) is 16.8 Å². The van der Waals surface area contributed by atoms with Gasteiger partial charge in [-0.1, -0.05) is 0 Å². The van der Waals surface area contributed by atoms with Crippen LogP contribution in [-0.2, 0) is 0 Å². The number of nitriles is 1. The molecule has 0 aromatic carbocycles. The number of aliphatic hydroxyl groups excluding tert-OH is 1. The lowest BCUT2D eigenvalue weighted by atomic mass is 9.90. The predicted octanol–water partition coefficient (Wildman–Crippen LogP) is 3.64. The van der Waals surface area contributed by atoms with Crippen molar-refractivity contribution in [3.63, 3.8) is 0 Å². The molecule has 3 heterocycles. The van der Waals surface area contributed by atoms with Gasteiger partial charge in [0.25, 0.3) is 0 Å². The van der Waals surface area contributed by atoms with E-state index < -0.39 is 0 Å². The smallest absolute Gasteiger partial charge is 0.204 e. The van der Waals surface area contributed by atoms with Gasteiger partial charge < -0.3 is 14.8 Å². The summed E-state index contributed by atoms with van der Waals surface area (Å²) in [5.41, 5.74) is 0.615. The number of halogens is 1. The Bertz CT molecular complexity index is 838. The maximum absolute atomic E-state index is 9.89. The van der Waals surface area contributed by atoms with E-state index in [9.17, 15) is 5.11 Å². The van der Waals surface area contributed by atoms with Crippen LogP contribution in [0.2, 0.25) is 0 Å². The van der Waals surface area contributed by atoms with Crippen LogP contribution in [0.3, 0.4) is 0 Å². The average molecular weight is 419 g/mol. The van der Waals surface area contributed by atoms with Crippen molar-refractivity contribution in [1.82, 2.24) is 9.88 Å². The van der Waals surface area contributed by atoms with E-state index in [4.69, 9.17) is 9.68 Å². The molecule has 0 amide bonds. The third-order valence-corrected chi connectivity index (χ3v) is 6.54. The summed E-state index contributed by atoms with van der Waals surface area (Å²) in [6, 6.07) is 5.21. The first-order valence-corrected chi connectivity index (χ1v) is 10.0. The van der Waals surface area contributed by atoms with E-state index in [1.54, 1.807) is 12.3 Å². The van der Waals surface area contributed by atoms with Gasteiger partial charge in [0, 0.05) is 36.1 Å². The molecule has 1 saturated carbocycles. The van der Waals surface area contributed by atoms with Crippen LogP contribution in [-0.4, -0.2) is 45.8 Å². The number of hydrogen-bond donors (Lipinski definition) is 2. The zero-order valence-corrected chi connectivity index (χ0v) is 16.4. The summed E-state index contributed by atoms with van der Waals surface area (Å²) in [4.78, 5) is 6.94. The summed E-state index contributed by atoms with van der Waals surface area (Å²) >= 11 is 3.60. The maximum atomic E-state index is 9.89. The first-order chi connectivity index (χ1) is 12.5. The van der Waals surface area contributed by atoms with E-state index in [1.165, 1.54) is 0 Å². The number of β-amino-alcohol motifs (C(OH)–C–C–N with tert-alkyl or cyclic N) is 1. The Labute approximate surface area is 161 Å². The van der Waals surface area contributed by atoms with Gasteiger partial charge >= 0.3 is 0 Å². The normalized spacial score (nSPS) is 29.8. The number of aliphatic hydroxyl groups is 1. The molecule has 2 aromatic heterocycles. The van der Waals surface area contributed by atoms with Crippen molar-refractivity contribution in [2.24, 2.45) is 0 Å². The van der Waals surface area contributed by atoms with Gasteiger partial charge in [-0.25, -0.2) is 4.98 Å². The molecule has 2 unspecified atom stereocenters. The summed E-state index contributed by atoms with van der Waals surface area (Å²) in [6.45, 7) is 3.03. The number of hydrogen-bond acceptors (Lipinski definition) is 6. The molecule has 2 aliphatic rings. The van der Waals surface area contributed by atoms with Gasteiger partial charge in [0.1, 0.15) is 11.9 Å². The highest BCUT2D eigenvalue weighted by Crippen LogP contribution is 2.34. The Morgan fingerprint density at radius 3 is 2.81 bits per heavy atom. The second kappa shape index (κ2) is 7.18. The van der Waals surface area contributed by atoms with Crippen LogP contribution in [0.25, 0.3) is 11.0 Å². The zero-order chi connectivity index (χ0) is 18.3. The van der Waals surface area contributed by atoms with Crippen molar-refractivity contribution in [2.75, 3.05) is 11.9 Å². The molecule has 138 valence electrons. The highest BCUT2D eigenvalue weighted by molar-refractivity contribution is 9.10. The third-order valence-electron chi connectivity index (χ3n) is 5.73. The van der Waals surface area contributed by atoms with Gasteiger partial charge in [-0.15, -0.1) is 0 Å². The number of likely N-dealkylation sites (tertiary alicyclic amines) is 1. The topological polar surface area (TPSA) is 85.3 Å². The lowest BCUT2D eigenvalue weighted by molar-refractivity contribution is 0.124. The third kappa shape index (κ3) is 3.34. The monoisotopic (exact) mass is 418 g/mol. The first-order valence-electron chi connectivity index (χ1n) is 9.23. The number of pyridine rings is 1. The van der Waals surface area contributed by atoms with E-state index in [2.05, 4.69) is 38.1 Å². The SMILES string of the molecule is CC1CC(O)CN1C1CCC(Nc2ncc3oc(C#N)cc3c2Br)CC1. The molecule has 0 radical (unpaired) electrons. The van der Waals surface area contributed by atoms with Gasteiger partial charge in [0.15, 0.2) is 5.58 Å². The van der Waals surface area contributed by atoms with Crippen LogP contribution in [0.4, 0.5) is 5.82 Å². The molecule has 1 aliphatic carbocycles. The van der Waals surface area contributed by atoms with Gasteiger partial charge in [0.2, 0.25) is 5.76 Å². The minimum atomic E-state index is -0.166. The summed E-state index contributed by atoms with van der Waals surface area (Å²) in [5, 5.41) is 23.3. The number of nitrogens with one attached hydrogen (secondary N) is 1. The van der Waals surface area contributed by atoms with Crippen LogP contribution in [0, 0.1) is 11.3 Å². The zero-order valence-electron chi connectivity index (χ0n) is 14.8. The minimum absolute atomic E-state index is 0.166. The number of fused-ring (bicyclic) bond motifs is 1. The summed E-state index contributed by atoms with van der Waals surface area (Å²) in [6.07, 6.45) is 6.85. The molecular formula is C19H23BrN4O2. The van der Waals surface area contributed by atoms with E-state index in [-0.39, 0.29) is 6.10 Å². The fourth-order valence-corrected chi connectivity index (χ4v) is 4.94. The Morgan fingerprint density at radius 1 is 1.38 bits per heavy atom. The lowest BCUT2D eigenvalue weighted by Crippen LogP contribution is -2.42. The molecule has 1 saturated heterocycles. The van der Waals surface area contributed by atoms with E-state index >= 15 is 0 Å². The second-order valence-electron chi connectivity index (χ2n) is 7.51. The second-order valence-corrected chi connectivity index (χ2v) is 8.30. The fourth-order valence-electron chi connectivity index (χ4n) is 4.42. The number of aromatic nitrogens is 1. The van der Waals surface area contributed by atoms with Crippen LogP contribution < -0.4 is 5.32 Å². The van der Waals surface area contributed by atoms with Crippen LogP contribution in [0.1, 0.15) is 44.8 Å². The predicted molar refractivity (Wildman–Crippen MR) is 103 cm³/mol. The Kier molecular flexibility index (Phi) is 4.91. The quantitative estimate of drug-likeness (QED) is 0.790. The molecular weight excluding hydrogens is 396 g/mol. The molecule has 26 heavy (non-hydrogen) atoms. The van der Waals surface area contributed by atoms with Gasteiger partial charge in [-0.05, 0) is 55.0 Å². The minimum Gasteiger partial charge on any atom is -0.444 e. The molecule has 2 fully saturated rings. The first kappa shape index (κ1) is 17.8. The molecule has 1 aliphatic heterocycles. The van der Waals surface area contributed by atoms with E-state index in [0.29, 0.717) is 29.5 Å². The number of anilines is 1. The Hall–Kier alpha value is -1.62. The van der Waals surface area contributed by atoms with Crippen molar-refractivity contribution in [1.29, 1.82) is 5.26 Å². The van der Waals surface area contributed by atoms with Crippen LogP contribution in [0.5, 0.6) is 0 Å². The number of furan rings is 1. The molecule has 2 aromatic rings. The van der Waals surface area contributed by atoms with Crippen molar-refractivity contribution >= 4 is 32.7 Å².